The number of aromatic nitrogens is 1. The summed E-state index contributed by atoms with van der Waals surface area (Å²) in [6.45, 7) is 1.78. The van der Waals surface area contributed by atoms with Gasteiger partial charge in [0.15, 0.2) is 9.84 Å². The summed E-state index contributed by atoms with van der Waals surface area (Å²) in [7, 11) is -3.05. The smallest absolute Gasteiger partial charge is 0.228 e. The number of carbonyl (C=O) groups is 1. The maximum Gasteiger partial charge on any atom is 0.228 e. The number of hydrogen-bond donors (Lipinski definition) is 1. The zero-order valence-electron chi connectivity index (χ0n) is 9.81. The van der Waals surface area contributed by atoms with Crippen LogP contribution in [0.15, 0.2) is 12.3 Å². The molecule has 0 radical (unpaired) electrons. The lowest BCUT2D eigenvalue weighted by Gasteiger charge is -2.09. The number of nitrogens with zero attached hydrogens (tertiary/aromatic N) is 1. The van der Waals surface area contributed by atoms with Gasteiger partial charge in [0.1, 0.15) is 5.15 Å². The lowest BCUT2D eigenvalue weighted by atomic mass is 10.1. The van der Waals surface area contributed by atoms with E-state index in [9.17, 15) is 13.2 Å². The van der Waals surface area contributed by atoms with Gasteiger partial charge in [-0.3, -0.25) is 4.79 Å². The Morgan fingerprint density at radius 1 is 1.56 bits per heavy atom. The summed E-state index contributed by atoms with van der Waals surface area (Å²) in [4.78, 5) is 15.8. The molecule has 18 heavy (non-hydrogen) atoms. The van der Waals surface area contributed by atoms with Gasteiger partial charge >= 0.3 is 0 Å². The quantitative estimate of drug-likeness (QED) is 0.835. The van der Waals surface area contributed by atoms with Gasteiger partial charge in [-0.25, -0.2) is 13.4 Å². The number of nitrogens with one attached hydrogen (secondary N) is 1. The molecule has 1 unspecified atom stereocenters. The van der Waals surface area contributed by atoms with Gasteiger partial charge in [-0.15, -0.1) is 0 Å². The molecule has 5 nitrogen and oxygen atoms in total. The number of carbonyl (C=O) groups excluding carboxylic acids is 1. The van der Waals surface area contributed by atoms with Crippen molar-refractivity contribution in [2.45, 2.75) is 13.3 Å². The Bertz CT molecular complexity index is 586. The normalized spacial score (nSPS) is 21.8. The molecular weight excluding hydrogens is 276 g/mol. The maximum absolute atomic E-state index is 11.9. The van der Waals surface area contributed by atoms with E-state index in [1.54, 1.807) is 13.0 Å². The molecule has 0 aliphatic carbocycles. The first kappa shape index (κ1) is 13.3. The number of rotatable bonds is 2. The molecule has 1 saturated heterocycles. The van der Waals surface area contributed by atoms with E-state index in [-0.39, 0.29) is 17.4 Å². The standard InChI is InChI=1S/C11H13ClN2O3S/c1-7-4-9(5-13-10(7)12)14-11(15)8-2-3-18(16,17)6-8/h4-5,8H,2-3,6H2,1H3,(H,14,15). The zero-order chi connectivity index (χ0) is 13.3. The Hall–Kier alpha value is -1.14. The molecule has 1 aliphatic heterocycles. The van der Waals surface area contributed by atoms with Crippen molar-refractivity contribution in [2.24, 2.45) is 5.92 Å². The van der Waals surface area contributed by atoms with Crippen LogP contribution in [0.2, 0.25) is 5.15 Å². The van der Waals surface area contributed by atoms with Crippen molar-refractivity contribution in [1.29, 1.82) is 0 Å². The fraction of sp³-hybridized carbons (Fsp3) is 0.455. The van der Waals surface area contributed by atoms with Crippen LogP contribution in [0.4, 0.5) is 5.69 Å². The van der Waals surface area contributed by atoms with E-state index >= 15 is 0 Å². The first-order chi connectivity index (χ1) is 8.37. The second-order valence-electron chi connectivity index (χ2n) is 4.42. The molecule has 0 saturated carbocycles. The predicted molar refractivity (Wildman–Crippen MR) is 69.4 cm³/mol. The highest BCUT2D eigenvalue weighted by molar-refractivity contribution is 7.91. The minimum Gasteiger partial charge on any atom is -0.324 e. The third kappa shape index (κ3) is 3.00. The Morgan fingerprint density at radius 2 is 2.28 bits per heavy atom. The molecule has 7 heteroatoms. The fourth-order valence-corrected chi connectivity index (χ4v) is 3.72. The summed E-state index contributed by atoms with van der Waals surface area (Å²) < 4.78 is 22.6. The van der Waals surface area contributed by atoms with Gasteiger partial charge < -0.3 is 5.32 Å². The molecule has 1 N–H and O–H groups in total. The SMILES string of the molecule is Cc1cc(NC(=O)C2CCS(=O)(=O)C2)cnc1Cl. The third-order valence-electron chi connectivity index (χ3n) is 2.89. The number of pyridine rings is 1. The summed E-state index contributed by atoms with van der Waals surface area (Å²) in [6, 6.07) is 1.71. The molecule has 0 bridgehead atoms. The highest BCUT2D eigenvalue weighted by Crippen LogP contribution is 2.21. The van der Waals surface area contributed by atoms with Crippen molar-refractivity contribution < 1.29 is 13.2 Å². The lowest BCUT2D eigenvalue weighted by Crippen LogP contribution is -2.23. The van der Waals surface area contributed by atoms with Gasteiger partial charge in [-0.05, 0) is 25.0 Å². The zero-order valence-corrected chi connectivity index (χ0v) is 11.4. The number of amides is 1. The highest BCUT2D eigenvalue weighted by atomic mass is 35.5. The van der Waals surface area contributed by atoms with E-state index in [1.165, 1.54) is 6.20 Å². The summed E-state index contributed by atoms with van der Waals surface area (Å²) in [5.74, 6) is -0.729. The van der Waals surface area contributed by atoms with Crippen molar-refractivity contribution in [2.75, 3.05) is 16.8 Å². The summed E-state index contributed by atoms with van der Waals surface area (Å²) in [5, 5.41) is 3.05. The van der Waals surface area contributed by atoms with Crippen LogP contribution in [-0.2, 0) is 14.6 Å². The van der Waals surface area contributed by atoms with Crippen LogP contribution in [0.3, 0.4) is 0 Å². The second-order valence-corrected chi connectivity index (χ2v) is 7.01. The largest absolute Gasteiger partial charge is 0.324 e. The van der Waals surface area contributed by atoms with E-state index in [2.05, 4.69) is 10.3 Å². The van der Waals surface area contributed by atoms with Crippen LogP contribution in [0.1, 0.15) is 12.0 Å². The van der Waals surface area contributed by atoms with E-state index in [0.717, 1.165) is 5.56 Å². The summed E-state index contributed by atoms with van der Waals surface area (Å²) in [6.07, 6.45) is 1.84. The molecule has 1 aromatic heterocycles. The minimum atomic E-state index is -3.05. The van der Waals surface area contributed by atoms with E-state index in [4.69, 9.17) is 11.6 Å². The molecule has 2 heterocycles. The number of hydrogen-bond acceptors (Lipinski definition) is 4. The Balaban J connectivity index is 2.06. The highest BCUT2D eigenvalue weighted by Gasteiger charge is 2.32. The number of halogens is 1. The minimum absolute atomic E-state index is 0.0706. The lowest BCUT2D eigenvalue weighted by molar-refractivity contribution is -0.119. The molecule has 1 atom stereocenters. The molecule has 1 aromatic rings. The van der Waals surface area contributed by atoms with Crippen LogP contribution in [0, 0.1) is 12.8 Å². The summed E-state index contributed by atoms with van der Waals surface area (Å²) in [5.41, 5.74) is 1.29. The van der Waals surface area contributed by atoms with Crippen LogP contribution in [0.25, 0.3) is 0 Å². The number of sulfone groups is 1. The average Bonchev–Trinajstić information content (AvgIpc) is 2.64. The van der Waals surface area contributed by atoms with Gasteiger partial charge in [-0.1, -0.05) is 11.6 Å². The topological polar surface area (TPSA) is 76.1 Å². The van der Waals surface area contributed by atoms with Gasteiger partial charge in [0.2, 0.25) is 5.91 Å². The van der Waals surface area contributed by atoms with Crippen molar-refractivity contribution in [3.8, 4) is 0 Å². The molecule has 0 spiro atoms. The van der Waals surface area contributed by atoms with Crippen molar-refractivity contribution in [3.63, 3.8) is 0 Å². The molecule has 0 aromatic carbocycles. The molecule has 98 valence electrons. The van der Waals surface area contributed by atoms with E-state index < -0.39 is 15.8 Å². The Morgan fingerprint density at radius 3 is 2.83 bits per heavy atom. The van der Waals surface area contributed by atoms with Crippen LogP contribution < -0.4 is 5.32 Å². The van der Waals surface area contributed by atoms with E-state index in [0.29, 0.717) is 17.3 Å². The Kier molecular flexibility index (Phi) is 3.59. The maximum atomic E-state index is 11.9. The van der Waals surface area contributed by atoms with Gasteiger partial charge in [0.05, 0.1) is 29.3 Å². The van der Waals surface area contributed by atoms with Crippen molar-refractivity contribution in [1.82, 2.24) is 4.98 Å². The molecule has 1 fully saturated rings. The monoisotopic (exact) mass is 288 g/mol. The van der Waals surface area contributed by atoms with Crippen LogP contribution >= 0.6 is 11.6 Å². The van der Waals surface area contributed by atoms with E-state index in [1.807, 2.05) is 0 Å². The van der Waals surface area contributed by atoms with Crippen molar-refractivity contribution in [3.05, 3.63) is 23.0 Å². The van der Waals surface area contributed by atoms with Gasteiger partial charge in [0, 0.05) is 0 Å². The average molecular weight is 289 g/mol. The molecule has 1 amide bonds. The van der Waals surface area contributed by atoms with Gasteiger partial charge in [0.25, 0.3) is 0 Å². The van der Waals surface area contributed by atoms with Crippen LogP contribution in [-0.4, -0.2) is 30.8 Å². The number of aryl methyl sites for hydroxylation is 1. The van der Waals surface area contributed by atoms with Crippen LogP contribution in [0.5, 0.6) is 0 Å². The second kappa shape index (κ2) is 4.85. The molecule has 2 rings (SSSR count). The number of anilines is 1. The predicted octanol–water partition coefficient (Wildman–Crippen LogP) is 1.42. The van der Waals surface area contributed by atoms with Gasteiger partial charge in [-0.2, -0.15) is 0 Å². The Labute approximate surface area is 110 Å². The fourth-order valence-electron chi connectivity index (χ4n) is 1.87. The first-order valence-corrected chi connectivity index (χ1v) is 7.71. The molecule has 1 aliphatic rings. The molecular formula is C11H13ClN2O3S. The summed E-state index contributed by atoms with van der Waals surface area (Å²) >= 11 is 5.78. The third-order valence-corrected chi connectivity index (χ3v) is 5.05. The van der Waals surface area contributed by atoms with Crippen molar-refractivity contribution >= 4 is 33.0 Å². The first-order valence-electron chi connectivity index (χ1n) is 5.51.